The molecule has 0 atom stereocenters. The largest absolute Gasteiger partial charge is 0.489 e. The Morgan fingerprint density at radius 2 is 1.86 bits per heavy atom. The first kappa shape index (κ1) is 15.7. The lowest BCUT2D eigenvalue weighted by Crippen LogP contribution is -1.99. The van der Waals surface area contributed by atoms with Gasteiger partial charge in [-0.05, 0) is 56.5 Å². The quantitative estimate of drug-likeness (QED) is 0.685. The highest BCUT2D eigenvalue weighted by Gasteiger charge is 2.07. The summed E-state index contributed by atoms with van der Waals surface area (Å²) in [5.74, 6) is 0.837. The average molecular weight is 301 g/mol. The Labute approximate surface area is 132 Å². The van der Waals surface area contributed by atoms with Crippen LogP contribution in [-0.2, 0) is 6.61 Å². The lowest BCUT2D eigenvalue weighted by molar-refractivity contribution is 0.304. The van der Waals surface area contributed by atoms with Crippen LogP contribution in [-0.4, -0.2) is 0 Å². The van der Waals surface area contributed by atoms with Crippen LogP contribution in [0.15, 0.2) is 36.9 Å². The zero-order valence-corrected chi connectivity index (χ0v) is 13.8. The highest BCUT2D eigenvalue weighted by molar-refractivity contribution is 6.32. The summed E-state index contributed by atoms with van der Waals surface area (Å²) in [5, 5.41) is 0.777. The van der Waals surface area contributed by atoms with E-state index in [0.717, 1.165) is 38.6 Å². The molecule has 0 spiro atoms. The number of benzene rings is 2. The zero-order valence-electron chi connectivity index (χ0n) is 13.1. The first-order chi connectivity index (χ1) is 9.88. The molecule has 0 bridgehead atoms. The highest BCUT2D eigenvalue weighted by atomic mass is 35.5. The Morgan fingerprint density at radius 3 is 2.52 bits per heavy atom. The number of allylic oxidation sites excluding steroid dienone is 1. The maximum atomic E-state index is 6.26. The van der Waals surface area contributed by atoms with Crippen LogP contribution in [0.25, 0.3) is 5.57 Å². The minimum Gasteiger partial charge on any atom is -0.489 e. The number of aryl methyl sites for hydroxylation is 2. The van der Waals surface area contributed by atoms with Crippen molar-refractivity contribution in [2.75, 3.05) is 0 Å². The number of hydrogen-bond donors (Lipinski definition) is 0. The average Bonchev–Trinajstić information content (AvgIpc) is 2.43. The van der Waals surface area contributed by atoms with Crippen LogP contribution in [0.4, 0.5) is 0 Å². The van der Waals surface area contributed by atoms with E-state index in [1.165, 1.54) is 5.56 Å². The van der Waals surface area contributed by atoms with Crippen molar-refractivity contribution in [3.63, 3.8) is 0 Å². The summed E-state index contributed by atoms with van der Waals surface area (Å²) in [5.41, 5.74) is 6.64. The van der Waals surface area contributed by atoms with Crippen molar-refractivity contribution in [1.82, 2.24) is 0 Å². The highest BCUT2D eigenvalue weighted by Crippen LogP contribution is 2.29. The second kappa shape index (κ2) is 6.36. The third-order valence-electron chi connectivity index (χ3n) is 3.55. The maximum Gasteiger partial charge on any atom is 0.124 e. The predicted octanol–water partition coefficient (Wildman–Crippen LogP) is 5.88. The van der Waals surface area contributed by atoms with Crippen molar-refractivity contribution in [1.29, 1.82) is 0 Å². The van der Waals surface area contributed by atoms with Crippen molar-refractivity contribution >= 4 is 17.2 Å². The SMILES string of the molecule is C=C(C)c1cc(C)cc(COc2ccc(C)c(Cl)c2C)c1. The van der Waals surface area contributed by atoms with Gasteiger partial charge in [-0.15, -0.1) is 0 Å². The summed E-state index contributed by atoms with van der Waals surface area (Å²) in [6.07, 6.45) is 0. The fourth-order valence-corrected chi connectivity index (χ4v) is 2.47. The maximum absolute atomic E-state index is 6.26. The molecule has 1 nitrogen and oxygen atoms in total. The van der Waals surface area contributed by atoms with Crippen molar-refractivity contribution in [2.24, 2.45) is 0 Å². The van der Waals surface area contributed by atoms with Gasteiger partial charge in [0.05, 0.1) is 5.02 Å². The molecule has 0 aromatic heterocycles. The van der Waals surface area contributed by atoms with E-state index >= 15 is 0 Å². The molecule has 2 heteroatoms. The van der Waals surface area contributed by atoms with Gasteiger partial charge in [-0.1, -0.05) is 47.5 Å². The molecule has 2 aromatic rings. The van der Waals surface area contributed by atoms with Gasteiger partial charge in [0.2, 0.25) is 0 Å². The van der Waals surface area contributed by atoms with Gasteiger partial charge in [-0.3, -0.25) is 0 Å². The molecule has 0 aliphatic rings. The van der Waals surface area contributed by atoms with Crippen LogP contribution in [0.2, 0.25) is 5.02 Å². The Kier molecular flexibility index (Phi) is 4.74. The Balaban J connectivity index is 2.21. The van der Waals surface area contributed by atoms with Crippen molar-refractivity contribution in [3.8, 4) is 5.75 Å². The molecule has 0 fully saturated rings. The van der Waals surface area contributed by atoms with Gasteiger partial charge in [0.15, 0.2) is 0 Å². The molecule has 0 aliphatic heterocycles. The zero-order chi connectivity index (χ0) is 15.6. The topological polar surface area (TPSA) is 9.23 Å². The van der Waals surface area contributed by atoms with Gasteiger partial charge in [0.25, 0.3) is 0 Å². The molecule has 0 amide bonds. The smallest absolute Gasteiger partial charge is 0.124 e. The summed E-state index contributed by atoms with van der Waals surface area (Å²) < 4.78 is 5.93. The second-order valence-electron chi connectivity index (χ2n) is 5.60. The molecular weight excluding hydrogens is 280 g/mol. The van der Waals surface area contributed by atoms with E-state index in [4.69, 9.17) is 16.3 Å². The van der Waals surface area contributed by atoms with Gasteiger partial charge in [-0.25, -0.2) is 0 Å². The molecule has 0 saturated carbocycles. The molecule has 110 valence electrons. The Morgan fingerprint density at radius 1 is 1.14 bits per heavy atom. The molecule has 21 heavy (non-hydrogen) atoms. The van der Waals surface area contributed by atoms with Gasteiger partial charge < -0.3 is 4.74 Å². The number of rotatable bonds is 4. The molecule has 2 aromatic carbocycles. The molecule has 0 aliphatic carbocycles. The van der Waals surface area contributed by atoms with Crippen LogP contribution in [0.5, 0.6) is 5.75 Å². The fourth-order valence-electron chi connectivity index (χ4n) is 2.31. The van der Waals surface area contributed by atoms with Crippen molar-refractivity contribution in [3.05, 3.63) is 69.8 Å². The number of hydrogen-bond acceptors (Lipinski definition) is 1. The third-order valence-corrected chi connectivity index (χ3v) is 4.14. The van der Waals surface area contributed by atoms with Crippen LogP contribution in [0, 0.1) is 20.8 Å². The fraction of sp³-hybridized carbons (Fsp3) is 0.263. The number of ether oxygens (including phenoxy) is 1. The van der Waals surface area contributed by atoms with E-state index in [2.05, 4.69) is 31.7 Å². The van der Waals surface area contributed by atoms with Gasteiger partial charge in [0, 0.05) is 5.56 Å². The summed E-state index contributed by atoms with van der Waals surface area (Å²) >= 11 is 6.26. The molecule has 0 unspecified atom stereocenters. The summed E-state index contributed by atoms with van der Waals surface area (Å²) in [6.45, 7) is 12.6. The molecule has 2 rings (SSSR count). The second-order valence-corrected chi connectivity index (χ2v) is 5.97. The monoisotopic (exact) mass is 300 g/mol. The van der Waals surface area contributed by atoms with E-state index in [1.54, 1.807) is 0 Å². The van der Waals surface area contributed by atoms with Crippen molar-refractivity contribution < 1.29 is 4.74 Å². The van der Waals surface area contributed by atoms with Crippen LogP contribution in [0.3, 0.4) is 0 Å². The Hall–Kier alpha value is -1.73. The van der Waals surface area contributed by atoms with E-state index in [-0.39, 0.29) is 0 Å². The first-order valence-electron chi connectivity index (χ1n) is 7.03. The van der Waals surface area contributed by atoms with Crippen LogP contribution >= 0.6 is 11.6 Å². The molecule has 0 heterocycles. The normalized spacial score (nSPS) is 10.5. The van der Waals surface area contributed by atoms with Crippen LogP contribution < -0.4 is 4.74 Å². The Bertz CT molecular complexity index is 686. The van der Waals surface area contributed by atoms with E-state index in [9.17, 15) is 0 Å². The molecule has 0 radical (unpaired) electrons. The predicted molar refractivity (Wildman–Crippen MR) is 91.1 cm³/mol. The summed E-state index contributed by atoms with van der Waals surface area (Å²) in [6, 6.07) is 10.4. The van der Waals surface area contributed by atoms with Crippen LogP contribution in [0.1, 0.15) is 34.7 Å². The van der Waals surface area contributed by atoms with E-state index in [0.29, 0.717) is 6.61 Å². The standard InChI is InChI=1S/C19H21ClO/c1-12(2)17-9-13(3)8-16(10-17)11-21-18-7-6-14(4)19(20)15(18)5/h6-10H,1,11H2,2-5H3. The third kappa shape index (κ3) is 3.68. The number of halogens is 1. The van der Waals surface area contributed by atoms with Gasteiger partial charge in [0.1, 0.15) is 12.4 Å². The lowest BCUT2D eigenvalue weighted by Gasteiger charge is -2.13. The minimum absolute atomic E-state index is 0.530. The molecule has 0 saturated heterocycles. The van der Waals surface area contributed by atoms with E-state index in [1.807, 2.05) is 32.9 Å². The summed E-state index contributed by atoms with van der Waals surface area (Å²) in [4.78, 5) is 0. The lowest BCUT2D eigenvalue weighted by atomic mass is 10.0. The van der Waals surface area contributed by atoms with E-state index < -0.39 is 0 Å². The van der Waals surface area contributed by atoms with Gasteiger partial charge in [-0.2, -0.15) is 0 Å². The molecular formula is C19H21ClO. The van der Waals surface area contributed by atoms with Gasteiger partial charge >= 0.3 is 0 Å². The van der Waals surface area contributed by atoms with Crippen molar-refractivity contribution in [2.45, 2.75) is 34.3 Å². The molecule has 0 N–H and O–H groups in total. The minimum atomic E-state index is 0.530. The summed E-state index contributed by atoms with van der Waals surface area (Å²) in [7, 11) is 0. The first-order valence-corrected chi connectivity index (χ1v) is 7.41.